The first-order valence-electron chi connectivity index (χ1n) is 5.86. The van der Waals surface area contributed by atoms with Crippen LogP contribution in [-0.4, -0.2) is 20.1 Å². The Bertz CT molecular complexity index is 370. The molecule has 0 bridgehead atoms. The van der Waals surface area contributed by atoms with E-state index in [1.54, 1.807) is 0 Å². The quantitative estimate of drug-likeness (QED) is 0.819. The summed E-state index contributed by atoms with van der Waals surface area (Å²) >= 11 is 0. The number of hydrogen-bond donors (Lipinski definition) is 1. The number of aliphatic hydroxyl groups is 1. The van der Waals surface area contributed by atoms with Gasteiger partial charge in [-0.15, -0.1) is 5.10 Å². The van der Waals surface area contributed by atoms with Gasteiger partial charge >= 0.3 is 0 Å². The highest BCUT2D eigenvalue weighted by Gasteiger charge is 2.39. The van der Waals surface area contributed by atoms with E-state index < -0.39 is 0 Å². The Balaban J connectivity index is 1.95. The highest BCUT2D eigenvalue weighted by Crippen LogP contribution is 2.46. The van der Waals surface area contributed by atoms with Crippen LogP contribution in [0.2, 0.25) is 0 Å². The lowest BCUT2D eigenvalue weighted by molar-refractivity contribution is 0.271. The van der Waals surface area contributed by atoms with E-state index in [1.165, 1.54) is 31.4 Å². The molecule has 4 heteroatoms. The molecule has 2 fully saturated rings. The molecule has 4 nitrogen and oxygen atoms in total. The van der Waals surface area contributed by atoms with Crippen LogP contribution in [0.25, 0.3) is 0 Å². The van der Waals surface area contributed by atoms with Crippen molar-refractivity contribution in [1.82, 2.24) is 15.0 Å². The van der Waals surface area contributed by atoms with Gasteiger partial charge in [0.1, 0.15) is 5.69 Å². The van der Waals surface area contributed by atoms with Crippen LogP contribution in [0, 0.1) is 5.92 Å². The SMILES string of the molecule is CC1CC1n1nnc(CO)c1C1CCC1. The number of rotatable bonds is 3. The summed E-state index contributed by atoms with van der Waals surface area (Å²) in [6.07, 6.45) is 5.00. The lowest BCUT2D eigenvalue weighted by Crippen LogP contribution is -2.16. The minimum Gasteiger partial charge on any atom is -0.390 e. The van der Waals surface area contributed by atoms with Crippen molar-refractivity contribution in [2.45, 2.75) is 51.2 Å². The van der Waals surface area contributed by atoms with E-state index in [9.17, 15) is 5.11 Å². The van der Waals surface area contributed by atoms with E-state index in [1.807, 2.05) is 0 Å². The molecular formula is C11H17N3O. The maximum atomic E-state index is 9.25. The van der Waals surface area contributed by atoms with Gasteiger partial charge in [-0.05, 0) is 25.2 Å². The molecule has 1 aromatic rings. The van der Waals surface area contributed by atoms with Gasteiger partial charge in [0.2, 0.25) is 0 Å². The molecule has 2 atom stereocenters. The van der Waals surface area contributed by atoms with Crippen LogP contribution in [0.5, 0.6) is 0 Å². The summed E-state index contributed by atoms with van der Waals surface area (Å²) < 4.78 is 2.08. The third-order valence-electron chi connectivity index (χ3n) is 3.83. The molecule has 0 saturated heterocycles. The summed E-state index contributed by atoms with van der Waals surface area (Å²) in [6.45, 7) is 2.28. The topological polar surface area (TPSA) is 50.9 Å². The van der Waals surface area contributed by atoms with Crippen molar-refractivity contribution < 1.29 is 5.11 Å². The zero-order valence-corrected chi connectivity index (χ0v) is 9.06. The number of hydrogen-bond acceptors (Lipinski definition) is 3. The van der Waals surface area contributed by atoms with E-state index in [-0.39, 0.29) is 6.61 Å². The molecule has 0 aromatic carbocycles. The maximum absolute atomic E-state index is 9.25. The zero-order chi connectivity index (χ0) is 10.4. The second kappa shape index (κ2) is 3.30. The van der Waals surface area contributed by atoms with Gasteiger partial charge in [0, 0.05) is 5.92 Å². The van der Waals surface area contributed by atoms with Crippen molar-refractivity contribution in [2.75, 3.05) is 0 Å². The summed E-state index contributed by atoms with van der Waals surface area (Å²) in [6, 6.07) is 0.549. The van der Waals surface area contributed by atoms with Gasteiger partial charge in [0.15, 0.2) is 0 Å². The number of nitrogens with zero attached hydrogens (tertiary/aromatic N) is 3. The lowest BCUT2D eigenvalue weighted by Gasteiger charge is -2.26. The molecule has 1 aromatic heterocycles. The first-order valence-corrected chi connectivity index (χ1v) is 5.86. The molecule has 0 spiro atoms. The molecule has 0 aliphatic heterocycles. The molecule has 2 aliphatic carbocycles. The van der Waals surface area contributed by atoms with Gasteiger partial charge in [-0.25, -0.2) is 4.68 Å². The molecule has 1 N–H and O–H groups in total. The van der Waals surface area contributed by atoms with Crippen LogP contribution < -0.4 is 0 Å². The van der Waals surface area contributed by atoms with Gasteiger partial charge in [0.25, 0.3) is 0 Å². The summed E-state index contributed by atoms with van der Waals surface area (Å²) in [5, 5.41) is 17.6. The Labute approximate surface area is 89.3 Å². The Morgan fingerprint density at radius 1 is 1.47 bits per heavy atom. The molecule has 0 radical (unpaired) electrons. The minimum atomic E-state index is 0.0347. The van der Waals surface area contributed by atoms with Crippen molar-refractivity contribution in [2.24, 2.45) is 5.92 Å². The van der Waals surface area contributed by atoms with Gasteiger partial charge in [-0.3, -0.25) is 0 Å². The minimum absolute atomic E-state index is 0.0347. The van der Waals surface area contributed by atoms with Crippen LogP contribution in [0.3, 0.4) is 0 Å². The lowest BCUT2D eigenvalue weighted by atomic mass is 9.82. The van der Waals surface area contributed by atoms with Crippen molar-refractivity contribution in [3.63, 3.8) is 0 Å². The third-order valence-corrected chi connectivity index (χ3v) is 3.83. The van der Waals surface area contributed by atoms with Crippen LogP contribution in [-0.2, 0) is 6.61 Å². The summed E-state index contributed by atoms with van der Waals surface area (Å²) in [5.41, 5.74) is 2.02. The monoisotopic (exact) mass is 207 g/mol. The van der Waals surface area contributed by atoms with Gasteiger partial charge in [-0.1, -0.05) is 18.6 Å². The maximum Gasteiger partial charge on any atom is 0.112 e. The molecule has 2 aliphatic rings. The first-order chi connectivity index (χ1) is 7.31. The molecule has 2 unspecified atom stereocenters. The predicted octanol–water partition coefficient (Wildman–Crippen LogP) is 1.62. The Morgan fingerprint density at radius 3 is 2.67 bits per heavy atom. The standard InChI is InChI=1S/C11H17N3O/c1-7-5-10(7)14-11(8-3-2-4-8)9(6-15)12-13-14/h7-8,10,15H,2-6H2,1H3. The molecule has 0 amide bonds. The second-order valence-electron chi connectivity index (χ2n) is 4.93. The Hall–Kier alpha value is -0.900. The smallest absolute Gasteiger partial charge is 0.112 e. The summed E-state index contributed by atoms with van der Waals surface area (Å²) in [7, 11) is 0. The molecular weight excluding hydrogens is 190 g/mol. The fourth-order valence-electron chi connectivity index (χ4n) is 2.44. The highest BCUT2D eigenvalue weighted by molar-refractivity contribution is 5.19. The van der Waals surface area contributed by atoms with Crippen molar-refractivity contribution in [3.05, 3.63) is 11.4 Å². The third kappa shape index (κ3) is 1.39. The largest absolute Gasteiger partial charge is 0.390 e. The fraction of sp³-hybridized carbons (Fsp3) is 0.818. The van der Waals surface area contributed by atoms with Gasteiger partial charge < -0.3 is 5.11 Å². The van der Waals surface area contributed by atoms with Gasteiger partial charge in [0.05, 0.1) is 18.3 Å². The first kappa shape index (κ1) is 9.33. The Kier molecular flexibility index (Phi) is 2.06. The van der Waals surface area contributed by atoms with E-state index in [4.69, 9.17) is 0 Å². The second-order valence-corrected chi connectivity index (χ2v) is 4.93. The van der Waals surface area contributed by atoms with Crippen LogP contribution in [0.4, 0.5) is 0 Å². The summed E-state index contributed by atoms with van der Waals surface area (Å²) in [4.78, 5) is 0. The van der Waals surface area contributed by atoms with E-state index >= 15 is 0 Å². The predicted molar refractivity (Wildman–Crippen MR) is 55.4 cm³/mol. The normalized spacial score (nSPS) is 30.3. The fourth-order valence-corrected chi connectivity index (χ4v) is 2.44. The average Bonchev–Trinajstić information content (AvgIpc) is 2.74. The number of aliphatic hydroxyl groups excluding tert-OH is 1. The highest BCUT2D eigenvalue weighted by atomic mass is 16.3. The molecule has 15 heavy (non-hydrogen) atoms. The van der Waals surface area contributed by atoms with Crippen molar-refractivity contribution in [1.29, 1.82) is 0 Å². The van der Waals surface area contributed by atoms with E-state index in [0.717, 1.165) is 11.6 Å². The number of aromatic nitrogens is 3. The molecule has 2 saturated carbocycles. The Morgan fingerprint density at radius 2 is 2.20 bits per heavy atom. The van der Waals surface area contributed by atoms with Crippen molar-refractivity contribution in [3.8, 4) is 0 Å². The van der Waals surface area contributed by atoms with Crippen LogP contribution >= 0.6 is 0 Å². The van der Waals surface area contributed by atoms with E-state index in [2.05, 4.69) is 21.9 Å². The molecule has 3 rings (SSSR count). The summed E-state index contributed by atoms with van der Waals surface area (Å²) in [5.74, 6) is 1.34. The molecule has 1 heterocycles. The van der Waals surface area contributed by atoms with Crippen LogP contribution in [0.15, 0.2) is 0 Å². The van der Waals surface area contributed by atoms with E-state index in [0.29, 0.717) is 12.0 Å². The molecule has 82 valence electrons. The van der Waals surface area contributed by atoms with Gasteiger partial charge in [-0.2, -0.15) is 0 Å². The van der Waals surface area contributed by atoms with Crippen molar-refractivity contribution >= 4 is 0 Å². The average molecular weight is 207 g/mol. The van der Waals surface area contributed by atoms with Crippen LogP contribution in [0.1, 0.15) is 56.0 Å². The zero-order valence-electron chi connectivity index (χ0n) is 9.06.